The Labute approximate surface area is 188 Å². The van der Waals surface area contributed by atoms with E-state index in [0.29, 0.717) is 28.1 Å². The number of hydrogen-bond acceptors (Lipinski definition) is 6. The van der Waals surface area contributed by atoms with Crippen molar-refractivity contribution >= 4 is 60.8 Å². The minimum Gasteiger partial charge on any atom is -0.492 e. The number of carbonyl (C=O) groups is 2. The molecule has 0 radical (unpaired) electrons. The third-order valence-corrected chi connectivity index (χ3v) is 5.86. The van der Waals surface area contributed by atoms with Gasteiger partial charge in [0.15, 0.2) is 5.11 Å². The van der Waals surface area contributed by atoms with Crippen LogP contribution in [0.1, 0.15) is 30.6 Å². The van der Waals surface area contributed by atoms with Gasteiger partial charge in [-0.15, -0.1) is 0 Å². The van der Waals surface area contributed by atoms with Crippen LogP contribution in [-0.4, -0.2) is 32.0 Å². The van der Waals surface area contributed by atoms with Gasteiger partial charge in [-0.3, -0.25) is 14.9 Å². The summed E-state index contributed by atoms with van der Waals surface area (Å²) < 4.78 is 32.0. The van der Waals surface area contributed by atoms with Gasteiger partial charge >= 0.3 is 0 Å². The molecule has 0 atom stereocenters. The van der Waals surface area contributed by atoms with Gasteiger partial charge in [0.2, 0.25) is 5.91 Å². The molecular formula is C19H20BrN3O5S2. The zero-order valence-corrected chi connectivity index (χ0v) is 19.4. The molecule has 0 heterocycles. The maximum absolute atomic E-state index is 12.4. The first kappa shape index (κ1) is 23.8. The monoisotopic (exact) mass is 513 g/mol. The number of hydrogen-bond donors (Lipinski definition) is 3. The smallest absolute Gasteiger partial charge is 0.264 e. The fourth-order valence-corrected chi connectivity index (χ4v) is 3.97. The molecule has 11 heteroatoms. The summed E-state index contributed by atoms with van der Waals surface area (Å²) in [5, 5.41) is 5.39. The lowest BCUT2D eigenvalue weighted by Crippen LogP contribution is -2.34. The number of rotatable bonds is 7. The number of sulfonamides is 1. The molecule has 0 spiro atoms. The molecular weight excluding hydrogens is 494 g/mol. The normalized spacial score (nSPS) is 10.8. The number of nitrogens with one attached hydrogen (secondary N) is 3. The van der Waals surface area contributed by atoms with Gasteiger partial charge in [0.05, 0.1) is 16.0 Å². The van der Waals surface area contributed by atoms with Crippen molar-refractivity contribution in [2.24, 2.45) is 0 Å². The molecule has 30 heavy (non-hydrogen) atoms. The summed E-state index contributed by atoms with van der Waals surface area (Å²) in [7, 11) is -3.92. The zero-order valence-electron chi connectivity index (χ0n) is 16.2. The van der Waals surface area contributed by atoms with E-state index >= 15 is 0 Å². The largest absolute Gasteiger partial charge is 0.492 e. The fraction of sp³-hybridized carbons (Fsp3) is 0.211. The third-order valence-electron chi connectivity index (χ3n) is 3.58. The number of benzene rings is 2. The molecule has 3 N–H and O–H groups in total. The van der Waals surface area contributed by atoms with E-state index in [-0.39, 0.29) is 10.0 Å². The molecule has 2 aromatic carbocycles. The minimum absolute atomic E-state index is 0.0416. The second-order valence-corrected chi connectivity index (χ2v) is 9.03. The molecule has 0 aliphatic heterocycles. The van der Waals surface area contributed by atoms with Crippen molar-refractivity contribution in [1.82, 2.24) is 10.0 Å². The maximum Gasteiger partial charge on any atom is 0.264 e. The molecule has 0 bridgehead atoms. The number of anilines is 1. The quantitative estimate of drug-likeness (QED) is 0.487. The van der Waals surface area contributed by atoms with E-state index in [4.69, 9.17) is 17.0 Å². The first-order chi connectivity index (χ1) is 14.1. The Morgan fingerprint density at radius 1 is 1.13 bits per heavy atom. The van der Waals surface area contributed by atoms with E-state index in [1.807, 2.05) is 11.6 Å². The number of ether oxygens (including phenoxy) is 1. The van der Waals surface area contributed by atoms with Crippen LogP contribution in [0.2, 0.25) is 0 Å². The second kappa shape index (κ2) is 10.5. The summed E-state index contributed by atoms with van der Waals surface area (Å²) in [5.74, 6) is -0.457. The second-order valence-electron chi connectivity index (χ2n) is 6.09. The van der Waals surface area contributed by atoms with E-state index in [9.17, 15) is 18.0 Å². The number of carbonyl (C=O) groups excluding carboxylic acids is 2. The standard InChI is InChI=1S/C19H20BrN3O5S2/c1-3-10-28-17-9-4-13(11-16(17)20)18(25)22-19(29)21-14-5-7-15(8-6-14)30(26,27)23-12(2)24/h4-9,11H,3,10H2,1-2H3,(H,23,24)(H2,21,22,25,29). The summed E-state index contributed by atoms with van der Waals surface area (Å²) in [4.78, 5) is 23.3. The molecule has 2 amide bonds. The summed E-state index contributed by atoms with van der Waals surface area (Å²) >= 11 is 8.51. The van der Waals surface area contributed by atoms with Crippen molar-refractivity contribution in [3.8, 4) is 5.75 Å². The Hall–Kier alpha value is -2.50. The molecule has 0 aliphatic rings. The van der Waals surface area contributed by atoms with Crippen LogP contribution in [0.15, 0.2) is 51.8 Å². The van der Waals surface area contributed by atoms with Crippen LogP contribution < -0.4 is 20.1 Å². The van der Waals surface area contributed by atoms with E-state index < -0.39 is 21.8 Å². The summed E-state index contributed by atoms with van der Waals surface area (Å²) in [6.45, 7) is 3.68. The summed E-state index contributed by atoms with van der Waals surface area (Å²) in [6.07, 6.45) is 0.870. The predicted octanol–water partition coefficient (Wildman–Crippen LogP) is 3.19. The lowest BCUT2D eigenvalue weighted by Gasteiger charge is -2.12. The van der Waals surface area contributed by atoms with Gasteiger partial charge in [-0.2, -0.15) is 0 Å². The van der Waals surface area contributed by atoms with Gasteiger partial charge in [0, 0.05) is 18.2 Å². The molecule has 0 fully saturated rings. The lowest BCUT2D eigenvalue weighted by atomic mass is 10.2. The van der Waals surface area contributed by atoms with Gasteiger partial charge in [-0.25, -0.2) is 13.1 Å². The van der Waals surface area contributed by atoms with E-state index in [1.54, 1.807) is 18.2 Å². The first-order valence-corrected chi connectivity index (χ1v) is 11.5. The van der Waals surface area contributed by atoms with Gasteiger partial charge in [0.1, 0.15) is 5.75 Å². The Balaban J connectivity index is 1.99. The van der Waals surface area contributed by atoms with Crippen LogP contribution in [0, 0.1) is 0 Å². The lowest BCUT2D eigenvalue weighted by molar-refractivity contribution is -0.117. The van der Waals surface area contributed by atoms with Crippen molar-refractivity contribution in [1.29, 1.82) is 0 Å². The van der Waals surface area contributed by atoms with Crippen LogP contribution in [0.3, 0.4) is 0 Å². The number of amides is 2. The topological polar surface area (TPSA) is 114 Å². The van der Waals surface area contributed by atoms with E-state index in [2.05, 4.69) is 26.6 Å². The number of halogens is 1. The maximum atomic E-state index is 12.4. The molecule has 160 valence electrons. The molecule has 0 aliphatic carbocycles. The van der Waals surface area contributed by atoms with E-state index in [0.717, 1.165) is 13.3 Å². The average Bonchev–Trinajstić information content (AvgIpc) is 2.66. The zero-order chi connectivity index (χ0) is 22.3. The fourth-order valence-electron chi connectivity index (χ4n) is 2.27. The van der Waals surface area contributed by atoms with Gasteiger partial charge in [-0.05, 0) is 77.0 Å². The Bertz CT molecular complexity index is 1060. The molecule has 8 nitrogen and oxygen atoms in total. The van der Waals surface area contributed by atoms with Crippen molar-refractivity contribution in [3.63, 3.8) is 0 Å². The van der Waals surface area contributed by atoms with Gasteiger partial charge in [0.25, 0.3) is 15.9 Å². The summed E-state index contributed by atoms with van der Waals surface area (Å²) in [6, 6.07) is 10.5. The molecule has 0 saturated carbocycles. The Morgan fingerprint density at radius 3 is 2.37 bits per heavy atom. The van der Waals surface area contributed by atoms with Crippen LogP contribution in [0.25, 0.3) is 0 Å². The highest BCUT2D eigenvalue weighted by molar-refractivity contribution is 9.10. The SMILES string of the molecule is CCCOc1ccc(C(=O)NC(=S)Nc2ccc(S(=O)(=O)NC(C)=O)cc2)cc1Br. The minimum atomic E-state index is -3.92. The number of thiocarbonyl (C=S) groups is 1. The van der Waals surface area contributed by atoms with Crippen LogP contribution in [-0.2, 0) is 14.8 Å². The van der Waals surface area contributed by atoms with Gasteiger partial charge in [-0.1, -0.05) is 6.92 Å². The highest BCUT2D eigenvalue weighted by atomic mass is 79.9. The highest BCUT2D eigenvalue weighted by Crippen LogP contribution is 2.26. The summed E-state index contributed by atoms with van der Waals surface area (Å²) in [5.41, 5.74) is 0.846. The first-order valence-electron chi connectivity index (χ1n) is 8.80. The highest BCUT2D eigenvalue weighted by Gasteiger charge is 2.15. The average molecular weight is 514 g/mol. The van der Waals surface area contributed by atoms with Crippen molar-refractivity contribution in [2.45, 2.75) is 25.2 Å². The van der Waals surface area contributed by atoms with Crippen LogP contribution in [0.4, 0.5) is 5.69 Å². The Kier molecular flexibility index (Phi) is 8.33. The van der Waals surface area contributed by atoms with Crippen molar-refractivity contribution < 1.29 is 22.7 Å². The molecule has 0 aromatic heterocycles. The predicted molar refractivity (Wildman–Crippen MR) is 121 cm³/mol. The van der Waals surface area contributed by atoms with E-state index in [1.165, 1.54) is 24.3 Å². The van der Waals surface area contributed by atoms with Crippen LogP contribution >= 0.6 is 28.1 Å². The molecule has 0 saturated heterocycles. The van der Waals surface area contributed by atoms with Gasteiger partial charge < -0.3 is 10.1 Å². The molecule has 2 aromatic rings. The van der Waals surface area contributed by atoms with Crippen molar-refractivity contribution in [2.75, 3.05) is 11.9 Å². The van der Waals surface area contributed by atoms with Crippen LogP contribution in [0.5, 0.6) is 5.75 Å². The molecule has 0 unspecified atom stereocenters. The molecule has 2 rings (SSSR count). The van der Waals surface area contributed by atoms with Crippen molar-refractivity contribution in [3.05, 3.63) is 52.5 Å². The third kappa shape index (κ3) is 6.78. The Morgan fingerprint density at radius 2 is 1.80 bits per heavy atom.